The van der Waals surface area contributed by atoms with Crippen LogP contribution in [0.25, 0.3) is 22.3 Å². The van der Waals surface area contributed by atoms with Crippen LogP contribution in [0.1, 0.15) is 39.8 Å². The summed E-state index contributed by atoms with van der Waals surface area (Å²) in [5, 5.41) is 8.42. The third kappa shape index (κ3) is 4.88. The average molecular weight is 494 g/mol. The lowest BCUT2D eigenvalue weighted by Gasteiger charge is -2.11. The summed E-state index contributed by atoms with van der Waals surface area (Å²) in [6, 6.07) is 9.36. The first-order chi connectivity index (χ1) is 16.8. The number of hydrogen-bond acceptors (Lipinski definition) is 8. The number of esters is 1. The summed E-state index contributed by atoms with van der Waals surface area (Å²) in [6.45, 7) is 5.93. The maximum Gasteiger partial charge on any atom is 0.350 e. The number of anilines is 1. The van der Waals surface area contributed by atoms with E-state index < -0.39 is 5.97 Å². The van der Waals surface area contributed by atoms with Gasteiger partial charge in [-0.05, 0) is 38.3 Å². The van der Waals surface area contributed by atoms with Gasteiger partial charge in [-0.25, -0.2) is 19.4 Å². The van der Waals surface area contributed by atoms with Gasteiger partial charge < -0.3 is 14.8 Å². The molecule has 10 heteroatoms. The third-order valence-electron chi connectivity index (χ3n) is 5.70. The molecule has 35 heavy (non-hydrogen) atoms. The molecule has 0 aliphatic carbocycles. The minimum atomic E-state index is -0.458. The van der Waals surface area contributed by atoms with Crippen molar-refractivity contribution in [1.29, 1.82) is 0 Å². The number of aromatic nitrogens is 4. The number of thiazole rings is 1. The van der Waals surface area contributed by atoms with E-state index in [1.54, 1.807) is 18.7 Å². The van der Waals surface area contributed by atoms with Gasteiger partial charge in [-0.15, -0.1) is 5.10 Å². The molecular formula is C25H27N5O4S. The van der Waals surface area contributed by atoms with Crippen molar-refractivity contribution in [1.82, 2.24) is 19.7 Å². The molecule has 4 rings (SSSR count). The van der Waals surface area contributed by atoms with Crippen molar-refractivity contribution < 1.29 is 19.1 Å². The van der Waals surface area contributed by atoms with Crippen molar-refractivity contribution in [3.8, 4) is 17.1 Å². The summed E-state index contributed by atoms with van der Waals surface area (Å²) in [7, 11) is 3.41. The Morgan fingerprint density at radius 2 is 1.89 bits per heavy atom. The van der Waals surface area contributed by atoms with E-state index in [9.17, 15) is 9.59 Å². The van der Waals surface area contributed by atoms with Gasteiger partial charge in [0.05, 0.1) is 24.8 Å². The Labute approximate surface area is 207 Å². The maximum absolute atomic E-state index is 12.8. The molecule has 0 aliphatic rings. The largest absolute Gasteiger partial charge is 0.479 e. The summed E-state index contributed by atoms with van der Waals surface area (Å²) in [5.74, 6) is -0.146. The van der Waals surface area contributed by atoms with E-state index in [2.05, 4.69) is 20.4 Å². The van der Waals surface area contributed by atoms with Crippen molar-refractivity contribution in [2.24, 2.45) is 7.05 Å². The van der Waals surface area contributed by atoms with E-state index in [1.165, 1.54) is 0 Å². The van der Waals surface area contributed by atoms with Crippen LogP contribution >= 0.6 is 11.3 Å². The number of ether oxygens (including phenoxy) is 2. The summed E-state index contributed by atoms with van der Waals surface area (Å²) in [5.41, 5.74) is 4.84. The molecule has 1 aromatic carbocycles. The SMILES string of the molecule is CCOC(=O)c1sc(NC(=O)CCc2c(C)nc3c(c(OC)nn3C)c2C)nc1-c1ccccc1. The second-order valence-electron chi connectivity index (χ2n) is 7.96. The molecule has 0 saturated heterocycles. The molecule has 3 heterocycles. The summed E-state index contributed by atoms with van der Waals surface area (Å²) in [4.78, 5) is 34.9. The molecular weight excluding hydrogens is 466 g/mol. The van der Waals surface area contributed by atoms with Crippen LogP contribution in [0.3, 0.4) is 0 Å². The van der Waals surface area contributed by atoms with Crippen LogP contribution in [-0.2, 0) is 23.0 Å². The minimum Gasteiger partial charge on any atom is -0.479 e. The first-order valence-corrected chi connectivity index (χ1v) is 12.1. The molecule has 1 N–H and O–H groups in total. The smallest absolute Gasteiger partial charge is 0.350 e. The van der Waals surface area contributed by atoms with Crippen molar-refractivity contribution >= 4 is 39.4 Å². The Balaban J connectivity index is 1.54. The second kappa shape index (κ2) is 10.2. The fraction of sp³-hybridized carbons (Fsp3) is 0.320. The summed E-state index contributed by atoms with van der Waals surface area (Å²) >= 11 is 1.11. The molecule has 0 spiro atoms. The van der Waals surface area contributed by atoms with Crippen LogP contribution in [-0.4, -0.2) is 45.3 Å². The highest BCUT2D eigenvalue weighted by Gasteiger charge is 2.22. The number of methoxy groups -OCH3 is 1. The number of carbonyl (C=O) groups excluding carboxylic acids is 2. The quantitative estimate of drug-likeness (QED) is 0.361. The van der Waals surface area contributed by atoms with Gasteiger partial charge in [-0.1, -0.05) is 41.7 Å². The number of amides is 1. The number of pyridine rings is 1. The predicted octanol–water partition coefficient (Wildman–Crippen LogP) is 4.47. The molecule has 0 bridgehead atoms. The molecule has 182 valence electrons. The Morgan fingerprint density at radius 1 is 1.14 bits per heavy atom. The standard InChI is InChI=1S/C25H27N5O4S/c1-6-34-24(32)21-20(16-10-8-7-9-11-16)28-25(35-21)27-18(31)13-12-17-14(2)19-22(26-15(17)3)30(4)29-23(19)33-5/h7-11H,6,12-13H2,1-5H3,(H,27,28,31). The Hall–Kier alpha value is -3.79. The Bertz CT molecular complexity index is 1390. The van der Waals surface area contributed by atoms with Gasteiger partial charge in [0.2, 0.25) is 11.8 Å². The number of benzene rings is 1. The number of nitrogens with one attached hydrogen (secondary N) is 1. The Morgan fingerprint density at radius 3 is 2.57 bits per heavy atom. The van der Waals surface area contributed by atoms with Crippen molar-refractivity contribution in [3.05, 3.63) is 52.0 Å². The zero-order valence-corrected chi connectivity index (χ0v) is 21.2. The second-order valence-corrected chi connectivity index (χ2v) is 8.96. The van der Waals surface area contributed by atoms with Crippen LogP contribution in [0.5, 0.6) is 5.88 Å². The highest BCUT2D eigenvalue weighted by atomic mass is 32.1. The molecule has 0 saturated carbocycles. The topological polar surface area (TPSA) is 108 Å². The molecule has 0 atom stereocenters. The zero-order chi connectivity index (χ0) is 25.1. The van der Waals surface area contributed by atoms with Gasteiger partial charge in [0.25, 0.3) is 0 Å². The Kier molecular flexibility index (Phi) is 7.11. The highest BCUT2D eigenvalue weighted by Crippen LogP contribution is 2.33. The van der Waals surface area contributed by atoms with E-state index in [4.69, 9.17) is 9.47 Å². The fourth-order valence-electron chi connectivity index (χ4n) is 4.03. The maximum atomic E-state index is 12.8. The average Bonchev–Trinajstić information content (AvgIpc) is 3.40. The van der Waals surface area contributed by atoms with E-state index in [-0.39, 0.29) is 18.9 Å². The van der Waals surface area contributed by atoms with Crippen LogP contribution in [0, 0.1) is 13.8 Å². The lowest BCUT2D eigenvalue weighted by Crippen LogP contribution is -2.13. The molecule has 1 amide bonds. The summed E-state index contributed by atoms with van der Waals surface area (Å²) < 4.78 is 12.3. The normalized spacial score (nSPS) is 11.0. The van der Waals surface area contributed by atoms with Crippen molar-refractivity contribution in [2.75, 3.05) is 19.0 Å². The molecule has 0 unspecified atom stereocenters. The van der Waals surface area contributed by atoms with Gasteiger partial charge in [0, 0.05) is 24.7 Å². The van der Waals surface area contributed by atoms with Gasteiger partial charge >= 0.3 is 5.97 Å². The molecule has 0 aliphatic heterocycles. The minimum absolute atomic E-state index is 0.203. The fourth-order valence-corrected chi connectivity index (χ4v) is 4.93. The van der Waals surface area contributed by atoms with Crippen LogP contribution in [0.15, 0.2) is 30.3 Å². The monoisotopic (exact) mass is 493 g/mol. The predicted molar refractivity (Wildman–Crippen MR) is 135 cm³/mol. The van der Waals surface area contributed by atoms with E-state index in [0.29, 0.717) is 28.0 Å². The first-order valence-electron chi connectivity index (χ1n) is 11.2. The van der Waals surface area contributed by atoms with Gasteiger partial charge in [0.1, 0.15) is 4.88 Å². The van der Waals surface area contributed by atoms with Crippen LogP contribution < -0.4 is 10.1 Å². The number of hydrogen-bond donors (Lipinski definition) is 1. The number of aryl methyl sites for hydroxylation is 3. The molecule has 0 radical (unpaired) electrons. The lowest BCUT2D eigenvalue weighted by atomic mass is 10.00. The molecule has 3 aromatic heterocycles. The van der Waals surface area contributed by atoms with E-state index >= 15 is 0 Å². The van der Waals surface area contributed by atoms with Crippen LogP contribution in [0.4, 0.5) is 5.13 Å². The first kappa shape index (κ1) is 24.3. The number of carbonyl (C=O) groups is 2. The van der Waals surface area contributed by atoms with E-state index in [0.717, 1.165) is 44.8 Å². The summed E-state index contributed by atoms with van der Waals surface area (Å²) in [6.07, 6.45) is 0.721. The number of nitrogens with zero attached hydrogens (tertiary/aromatic N) is 4. The van der Waals surface area contributed by atoms with Gasteiger partial charge in [0.15, 0.2) is 10.8 Å². The van der Waals surface area contributed by atoms with Crippen molar-refractivity contribution in [2.45, 2.75) is 33.6 Å². The molecule has 9 nitrogen and oxygen atoms in total. The highest BCUT2D eigenvalue weighted by molar-refractivity contribution is 7.18. The lowest BCUT2D eigenvalue weighted by molar-refractivity contribution is -0.116. The van der Waals surface area contributed by atoms with E-state index in [1.807, 2.05) is 51.2 Å². The van der Waals surface area contributed by atoms with Crippen molar-refractivity contribution in [3.63, 3.8) is 0 Å². The number of fused-ring (bicyclic) bond motifs is 1. The van der Waals surface area contributed by atoms with Gasteiger partial charge in [-0.3, -0.25) is 4.79 Å². The zero-order valence-electron chi connectivity index (χ0n) is 20.3. The number of rotatable bonds is 8. The van der Waals surface area contributed by atoms with Crippen LogP contribution in [0.2, 0.25) is 0 Å². The third-order valence-corrected chi connectivity index (χ3v) is 6.65. The van der Waals surface area contributed by atoms with Gasteiger partial charge in [-0.2, -0.15) is 0 Å². The molecule has 4 aromatic rings. The molecule has 0 fully saturated rings.